The Morgan fingerprint density at radius 1 is 1.64 bits per heavy atom. The molecule has 1 fully saturated rings. The van der Waals surface area contributed by atoms with Gasteiger partial charge in [0, 0.05) is 0 Å². The molecule has 2 N–H and O–H groups in total. The fourth-order valence-electron chi connectivity index (χ4n) is 1.74. The lowest BCUT2D eigenvalue weighted by molar-refractivity contribution is 0.0694. The first-order chi connectivity index (χ1) is 6.79. The molecule has 2 heterocycles. The van der Waals surface area contributed by atoms with E-state index in [-0.39, 0.29) is 11.6 Å². The van der Waals surface area contributed by atoms with Crippen LogP contribution in [0.25, 0.3) is 0 Å². The van der Waals surface area contributed by atoms with Crippen molar-refractivity contribution in [2.45, 2.75) is 25.3 Å². The van der Waals surface area contributed by atoms with Crippen molar-refractivity contribution < 1.29 is 14.4 Å². The normalized spacial score (nSPS) is 22.1. The first kappa shape index (κ1) is 9.21. The lowest BCUT2D eigenvalue weighted by Gasteiger charge is -2.21. The molecule has 76 valence electrons. The van der Waals surface area contributed by atoms with Crippen molar-refractivity contribution in [1.29, 1.82) is 0 Å². The molecule has 5 nitrogen and oxygen atoms in total. The van der Waals surface area contributed by atoms with Gasteiger partial charge in [0.25, 0.3) is 0 Å². The summed E-state index contributed by atoms with van der Waals surface area (Å²) in [5.74, 6) is -0.978. The maximum atomic E-state index is 10.8. The van der Waals surface area contributed by atoms with Crippen molar-refractivity contribution in [3.63, 3.8) is 0 Å². The molecule has 0 amide bonds. The number of piperidine rings is 1. The van der Waals surface area contributed by atoms with E-state index < -0.39 is 5.97 Å². The van der Waals surface area contributed by atoms with Gasteiger partial charge in [0.2, 0.25) is 0 Å². The van der Waals surface area contributed by atoms with Crippen LogP contribution in [0.15, 0.2) is 10.8 Å². The van der Waals surface area contributed by atoms with Crippen LogP contribution in [-0.4, -0.2) is 22.8 Å². The van der Waals surface area contributed by atoms with Crippen molar-refractivity contribution in [2.75, 3.05) is 6.54 Å². The Balaban J connectivity index is 2.21. The molecule has 0 aromatic carbocycles. The first-order valence-electron chi connectivity index (χ1n) is 4.70. The minimum Gasteiger partial charge on any atom is -0.478 e. The molecule has 5 heteroatoms. The van der Waals surface area contributed by atoms with Crippen molar-refractivity contribution in [3.8, 4) is 0 Å². The molecule has 1 aromatic rings. The zero-order chi connectivity index (χ0) is 9.97. The second-order valence-corrected chi connectivity index (χ2v) is 3.42. The van der Waals surface area contributed by atoms with Gasteiger partial charge in [-0.3, -0.25) is 0 Å². The van der Waals surface area contributed by atoms with Crippen LogP contribution in [0.5, 0.6) is 0 Å². The molecule has 1 saturated heterocycles. The van der Waals surface area contributed by atoms with Gasteiger partial charge in [0.05, 0.1) is 6.04 Å². The average molecular weight is 196 g/mol. The summed E-state index contributed by atoms with van der Waals surface area (Å²) in [6.07, 6.45) is 4.35. The third kappa shape index (κ3) is 1.63. The van der Waals surface area contributed by atoms with E-state index in [4.69, 9.17) is 5.11 Å². The van der Waals surface area contributed by atoms with Crippen molar-refractivity contribution in [3.05, 3.63) is 17.5 Å². The van der Waals surface area contributed by atoms with E-state index in [1.54, 1.807) is 0 Å². The zero-order valence-corrected chi connectivity index (χ0v) is 7.69. The van der Waals surface area contributed by atoms with Gasteiger partial charge in [-0.15, -0.1) is 0 Å². The number of hydrogen-bond donors (Lipinski definition) is 2. The number of carboxylic acid groups (broad SMARTS) is 1. The molecule has 0 spiro atoms. The third-order valence-corrected chi connectivity index (χ3v) is 2.47. The lowest BCUT2D eigenvalue weighted by Crippen LogP contribution is -2.28. The summed E-state index contributed by atoms with van der Waals surface area (Å²) in [6, 6.07) is 0.0357. The predicted molar refractivity (Wildman–Crippen MR) is 48.1 cm³/mol. The molecular formula is C9H12N2O3. The molecule has 0 aliphatic carbocycles. The summed E-state index contributed by atoms with van der Waals surface area (Å²) in [4.78, 5) is 10.8. The molecule has 0 bridgehead atoms. The van der Waals surface area contributed by atoms with Crippen molar-refractivity contribution >= 4 is 5.97 Å². The van der Waals surface area contributed by atoms with Crippen LogP contribution in [-0.2, 0) is 0 Å². The Hall–Kier alpha value is -1.36. The summed E-state index contributed by atoms with van der Waals surface area (Å²) >= 11 is 0. The fourth-order valence-corrected chi connectivity index (χ4v) is 1.74. The summed E-state index contributed by atoms with van der Waals surface area (Å²) in [5.41, 5.74) is 0.696. The lowest BCUT2D eigenvalue weighted by atomic mass is 10.00. The van der Waals surface area contributed by atoms with Gasteiger partial charge < -0.3 is 14.9 Å². The van der Waals surface area contributed by atoms with E-state index in [1.165, 1.54) is 6.26 Å². The van der Waals surface area contributed by atoms with Gasteiger partial charge in [-0.2, -0.15) is 0 Å². The molecule has 1 aliphatic rings. The van der Waals surface area contributed by atoms with Crippen LogP contribution in [0.1, 0.15) is 41.4 Å². The highest BCUT2D eigenvalue weighted by molar-refractivity contribution is 5.88. The van der Waals surface area contributed by atoms with Crippen LogP contribution in [0, 0.1) is 0 Å². The Kier molecular flexibility index (Phi) is 2.49. The maximum absolute atomic E-state index is 10.8. The van der Waals surface area contributed by atoms with Crippen LogP contribution >= 0.6 is 0 Å². The van der Waals surface area contributed by atoms with Crippen molar-refractivity contribution in [2.24, 2.45) is 0 Å². The Labute approximate surface area is 81.1 Å². The fraction of sp³-hybridized carbons (Fsp3) is 0.556. The minimum atomic E-state index is -0.978. The molecule has 0 radical (unpaired) electrons. The smallest absolute Gasteiger partial charge is 0.341 e. The molecule has 0 unspecified atom stereocenters. The highest BCUT2D eigenvalue weighted by atomic mass is 16.5. The van der Waals surface area contributed by atoms with Crippen molar-refractivity contribution in [1.82, 2.24) is 10.5 Å². The van der Waals surface area contributed by atoms with Crippen LogP contribution in [0.3, 0.4) is 0 Å². The Bertz CT molecular complexity index is 329. The molecule has 2 rings (SSSR count). The van der Waals surface area contributed by atoms with Gasteiger partial charge in [-0.05, 0) is 19.4 Å². The summed E-state index contributed by atoms with van der Waals surface area (Å²) in [7, 11) is 0. The van der Waals surface area contributed by atoms with Gasteiger partial charge in [0.1, 0.15) is 17.5 Å². The molecule has 1 aromatic heterocycles. The largest absolute Gasteiger partial charge is 0.478 e. The number of nitrogens with zero attached hydrogens (tertiary/aromatic N) is 1. The van der Waals surface area contributed by atoms with E-state index in [1.807, 2.05) is 0 Å². The molecule has 1 atom stereocenters. The number of carboxylic acids is 1. The Morgan fingerprint density at radius 3 is 3.14 bits per heavy atom. The molecule has 0 saturated carbocycles. The van der Waals surface area contributed by atoms with Gasteiger partial charge in [-0.25, -0.2) is 4.79 Å². The monoisotopic (exact) mass is 196 g/mol. The minimum absolute atomic E-state index is 0.0357. The van der Waals surface area contributed by atoms with Crippen LogP contribution < -0.4 is 5.32 Å². The number of aromatic carboxylic acids is 1. The highest BCUT2D eigenvalue weighted by Gasteiger charge is 2.24. The molecular weight excluding hydrogens is 184 g/mol. The third-order valence-electron chi connectivity index (χ3n) is 2.47. The van der Waals surface area contributed by atoms with E-state index in [9.17, 15) is 4.79 Å². The van der Waals surface area contributed by atoms with Crippen LogP contribution in [0.4, 0.5) is 0 Å². The van der Waals surface area contributed by atoms with Crippen LogP contribution in [0.2, 0.25) is 0 Å². The zero-order valence-electron chi connectivity index (χ0n) is 7.69. The molecule has 1 aliphatic heterocycles. The highest BCUT2D eigenvalue weighted by Crippen LogP contribution is 2.24. The van der Waals surface area contributed by atoms with E-state index >= 15 is 0 Å². The number of aromatic nitrogens is 1. The van der Waals surface area contributed by atoms with Gasteiger partial charge in [-0.1, -0.05) is 11.6 Å². The van der Waals surface area contributed by atoms with E-state index in [0.717, 1.165) is 25.8 Å². The summed E-state index contributed by atoms with van der Waals surface area (Å²) in [5, 5.41) is 15.8. The van der Waals surface area contributed by atoms with E-state index in [0.29, 0.717) is 5.69 Å². The average Bonchev–Trinajstić information content (AvgIpc) is 2.67. The quantitative estimate of drug-likeness (QED) is 0.743. The predicted octanol–water partition coefficient (Wildman–Crippen LogP) is 1.19. The number of hydrogen-bond acceptors (Lipinski definition) is 4. The summed E-state index contributed by atoms with van der Waals surface area (Å²) in [6.45, 7) is 0.913. The maximum Gasteiger partial charge on any atom is 0.341 e. The second-order valence-electron chi connectivity index (χ2n) is 3.42. The Morgan fingerprint density at radius 2 is 2.50 bits per heavy atom. The number of rotatable bonds is 2. The first-order valence-corrected chi connectivity index (χ1v) is 4.70. The number of carbonyl (C=O) groups is 1. The standard InChI is InChI=1S/C9H12N2O3/c12-9(13)6-5-14-11-8(6)7-3-1-2-4-10-7/h5,7,10H,1-4H2,(H,12,13)/t7-/m0/s1. The topological polar surface area (TPSA) is 75.4 Å². The second kappa shape index (κ2) is 3.79. The summed E-state index contributed by atoms with van der Waals surface area (Å²) < 4.78 is 4.69. The SMILES string of the molecule is O=C(O)c1conc1[C@@H]1CCCCN1. The van der Waals surface area contributed by atoms with E-state index in [2.05, 4.69) is 15.0 Å². The van der Waals surface area contributed by atoms with Gasteiger partial charge in [0.15, 0.2) is 0 Å². The number of nitrogens with one attached hydrogen (secondary N) is 1. The van der Waals surface area contributed by atoms with Gasteiger partial charge >= 0.3 is 5.97 Å². The molecule has 14 heavy (non-hydrogen) atoms.